The van der Waals surface area contributed by atoms with Crippen molar-refractivity contribution in [3.63, 3.8) is 0 Å². The zero-order valence-corrected chi connectivity index (χ0v) is 12.6. The largest absolute Gasteiger partial charge is 0.431 e. The van der Waals surface area contributed by atoms with Crippen LogP contribution in [0.15, 0.2) is 30.0 Å². The standard InChI is InChI=1S/C18H12F4O2/c1-9(23)24-12-3-4-13-11(6-12)8-16(21)17(18(13)22)10-2-5-14(19)15(20)7-10/h2,5-8H,3-4H2,1H3. The van der Waals surface area contributed by atoms with Crippen molar-refractivity contribution in [1.29, 1.82) is 0 Å². The second-order valence-corrected chi connectivity index (χ2v) is 5.45. The summed E-state index contributed by atoms with van der Waals surface area (Å²) < 4.78 is 60.4. The maximum absolute atomic E-state index is 14.7. The highest BCUT2D eigenvalue weighted by atomic mass is 19.2. The zero-order valence-electron chi connectivity index (χ0n) is 12.6. The molecule has 0 atom stereocenters. The first-order valence-electron chi connectivity index (χ1n) is 7.22. The average molecular weight is 336 g/mol. The van der Waals surface area contributed by atoms with E-state index < -0.39 is 34.8 Å². The lowest BCUT2D eigenvalue weighted by Gasteiger charge is -2.19. The van der Waals surface area contributed by atoms with E-state index in [4.69, 9.17) is 4.74 Å². The van der Waals surface area contributed by atoms with Gasteiger partial charge in [-0.3, -0.25) is 4.79 Å². The number of hydrogen-bond acceptors (Lipinski definition) is 2. The quantitative estimate of drug-likeness (QED) is 0.584. The van der Waals surface area contributed by atoms with Crippen molar-refractivity contribution in [2.24, 2.45) is 0 Å². The number of benzene rings is 2. The average Bonchev–Trinajstić information content (AvgIpc) is 2.50. The number of ether oxygens (including phenoxy) is 1. The molecular weight excluding hydrogens is 324 g/mol. The molecule has 0 aromatic heterocycles. The number of esters is 1. The maximum atomic E-state index is 14.7. The first-order valence-corrected chi connectivity index (χ1v) is 7.22. The van der Waals surface area contributed by atoms with Gasteiger partial charge < -0.3 is 4.74 Å². The molecule has 0 saturated heterocycles. The maximum Gasteiger partial charge on any atom is 0.307 e. The number of rotatable bonds is 2. The Kier molecular flexibility index (Phi) is 4.13. The highest BCUT2D eigenvalue weighted by molar-refractivity contribution is 5.73. The molecule has 0 aliphatic heterocycles. The van der Waals surface area contributed by atoms with Gasteiger partial charge in [-0.05, 0) is 47.4 Å². The third kappa shape index (κ3) is 2.91. The van der Waals surface area contributed by atoms with E-state index in [0.29, 0.717) is 5.76 Å². The fraction of sp³-hybridized carbons (Fsp3) is 0.167. The molecule has 1 aliphatic rings. The summed E-state index contributed by atoms with van der Waals surface area (Å²) in [5, 5.41) is 0. The van der Waals surface area contributed by atoms with Crippen molar-refractivity contribution < 1.29 is 27.1 Å². The molecule has 2 nitrogen and oxygen atoms in total. The molecule has 24 heavy (non-hydrogen) atoms. The third-order valence-corrected chi connectivity index (χ3v) is 3.77. The summed E-state index contributed by atoms with van der Waals surface area (Å²) >= 11 is 0. The molecule has 124 valence electrons. The molecule has 2 aromatic rings. The van der Waals surface area contributed by atoms with E-state index in [-0.39, 0.29) is 29.5 Å². The molecule has 0 N–H and O–H groups in total. The number of allylic oxidation sites excluding steroid dienone is 1. The smallest absolute Gasteiger partial charge is 0.307 e. The van der Waals surface area contributed by atoms with E-state index in [1.165, 1.54) is 13.0 Å². The molecule has 0 amide bonds. The summed E-state index contributed by atoms with van der Waals surface area (Å²) in [6, 6.07) is 3.79. The molecule has 0 radical (unpaired) electrons. The lowest BCUT2D eigenvalue weighted by Crippen LogP contribution is -2.09. The predicted molar refractivity (Wildman–Crippen MR) is 79.8 cm³/mol. The number of carbonyl (C=O) groups is 1. The number of carbonyl (C=O) groups excluding carboxylic acids is 1. The van der Waals surface area contributed by atoms with Crippen LogP contribution in [-0.4, -0.2) is 5.97 Å². The molecule has 0 saturated carbocycles. The van der Waals surface area contributed by atoms with Gasteiger partial charge in [0.25, 0.3) is 0 Å². The molecule has 6 heteroatoms. The normalized spacial score (nSPS) is 13.3. The number of fused-ring (bicyclic) bond motifs is 1. The van der Waals surface area contributed by atoms with Gasteiger partial charge in [-0.15, -0.1) is 0 Å². The van der Waals surface area contributed by atoms with Crippen molar-refractivity contribution >= 4 is 12.0 Å². The molecule has 0 fully saturated rings. The van der Waals surface area contributed by atoms with Crippen LogP contribution in [0.5, 0.6) is 0 Å². The van der Waals surface area contributed by atoms with Gasteiger partial charge in [0.1, 0.15) is 17.4 Å². The van der Waals surface area contributed by atoms with Crippen LogP contribution in [-0.2, 0) is 16.0 Å². The van der Waals surface area contributed by atoms with Gasteiger partial charge in [-0.1, -0.05) is 6.07 Å². The summed E-state index contributed by atoms with van der Waals surface area (Å²) in [5.41, 5.74) is 0.0179. The highest BCUT2D eigenvalue weighted by Crippen LogP contribution is 2.35. The van der Waals surface area contributed by atoms with E-state index in [0.717, 1.165) is 24.3 Å². The molecule has 2 aromatic carbocycles. The van der Waals surface area contributed by atoms with Crippen LogP contribution in [0.4, 0.5) is 17.6 Å². The van der Waals surface area contributed by atoms with E-state index in [2.05, 4.69) is 0 Å². The summed E-state index contributed by atoms with van der Waals surface area (Å²) in [6.07, 6.45) is 1.89. The molecule has 1 aliphatic carbocycles. The first kappa shape index (κ1) is 16.2. The van der Waals surface area contributed by atoms with Crippen molar-refractivity contribution in [2.75, 3.05) is 0 Å². The van der Waals surface area contributed by atoms with Crippen LogP contribution in [0.3, 0.4) is 0 Å². The van der Waals surface area contributed by atoms with Gasteiger partial charge in [0.05, 0.1) is 5.56 Å². The summed E-state index contributed by atoms with van der Waals surface area (Å²) in [6.45, 7) is 1.24. The SMILES string of the molecule is CC(=O)OC1=Cc2cc(F)c(-c3ccc(F)c(F)c3)c(F)c2CC1. The van der Waals surface area contributed by atoms with Crippen LogP contribution < -0.4 is 0 Å². The molecular formula is C18H12F4O2. The number of halogens is 4. The van der Waals surface area contributed by atoms with Crippen molar-refractivity contribution in [3.05, 3.63) is 64.4 Å². The Morgan fingerprint density at radius 2 is 1.75 bits per heavy atom. The van der Waals surface area contributed by atoms with Crippen LogP contribution in [0.2, 0.25) is 0 Å². The van der Waals surface area contributed by atoms with E-state index in [1.807, 2.05) is 0 Å². The van der Waals surface area contributed by atoms with Gasteiger partial charge in [-0.25, -0.2) is 17.6 Å². The van der Waals surface area contributed by atoms with E-state index in [1.54, 1.807) is 0 Å². The zero-order chi connectivity index (χ0) is 17.4. The topological polar surface area (TPSA) is 26.3 Å². The lowest BCUT2D eigenvalue weighted by molar-refractivity contribution is -0.136. The van der Waals surface area contributed by atoms with Crippen LogP contribution in [0.25, 0.3) is 17.2 Å². The Morgan fingerprint density at radius 1 is 1.00 bits per heavy atom. The van der Waals surface area contributed by atoms with Gasteiger partial charge in [0, 0.05) is 13.3 Å². The lowest BCUT2D eigenvalue weighted by atomic mass is 9.91. The van der Waals surface area contributed by atoms with Crippen molar-refractivity contribution in [1.82, 2.24) is 0 Å². The van der Waals surface area contributed by atoms with Crippen LogP contribution in [0.1, 0.15) is 24.5 Å². The monoisotopic (exact) mass is 336 g/mol. The van der Waals surface area contributed by atoms with Crippen LogP contribution >= 0.6 is 0 Å². The molecule has 3 rings (SSSR count). The second kappa shape index (κ2) is 6.11. The molecule has 0 unspecified atom stereocenters. The number of hydrogen-bond donors (Lipinski definition) is 0. The highest BCUT2D eigenvalue weighted by Gasteiger charge is 2.23. The van der Waals surface area contributed by atoms with Gasteiger partial charge in [-0.2, -0.15) is 0 Å². The summed E-state index contributed by atoms with van der Waals surface area (Å²) in [4.78, 5) is 11.0. The van der Waals surface area contributed by atoms with Crippen molar-refractivity contribution in [2.45, 2.75) is 19.8 Å². The minimum atomic E-state index is -1.18. The second-order valence-electron chi connectivity index (χ2n) is 5.45. The third-order valence-electron chi connectivity index (χ3n) is 3.77. The minimum absolute atomic E-state index is 0.0820. The molecule has 0 spiro atoms. The van der Waals surface area contributed by atoms with E-state index in [9.17, 15) is 22.4 Å². The summed E-state index contributed by atoms with van der Waals surface area (Å²) in [7, 11) is 0. The first-order chi connectivity index (χ1) is 11.4. The Morgan fingerprint density at radius 3 is 2.42 bits per heavy atom. The minimum Gasteiger partial charge on any atom is -0.431 e. The van der Waals surface area contributed by atoms with E-state index >= 15 is 0 Å². The summed E-state index contributed by atoms with van der Waals surface area (Å²) in [5.74, 6) is -4.18. The molecule has 0 bridgehead atoms. The Labute approximate surface area is 135 Å². The molecule has 0 heterocycles. The van der Waals surface area contributed by atoms with Crippen LogP contribution in [0, 0.1) is 23.3 Å². The van der Waals surface area contributed by atoms with Gasteiger partial charge in [0.15, 0.2) is 11.6 Å². The Hall–Kier alpha value is -2.63. The Bertz CT molecular complexity index is 872. The van der Waals surface area contributed by atoms with Crippen molar-refractivity contribution in [3.8, 4) is 11.1 Å². The van der Waals surface area contributed by atoms with Gasteiger partial charge in [0.2, 0.25) is 0 Å². The fourth-order valence-corrected chi connectivity index (χ4v) is 2.74. The predicted octanol–water partition coefficient (Wildman–Crippen LogP) is 4.76. The van der Waals surface area contributed by atoms with Gasteiger partial charge >= 0.3 is 5.97 Å². The Balaban J connectivity index is 2.11. The fourth-order valence-electron chi connectivity index (χ4n) is 2.74.